The Morgan fingerprint density at radius 1 is 1.22 bits per heavy atom. The summed E-state index contributed by atoms with van der Waals surface area (Å²) in [4.78, 5) is 18.3. The van der Waals surface area contributed by atoms with Gasteiger partial charge in [0.2, 0.25) is 5.75 Å². The van der Waals surface area contributed by atoms with Crippen molar-refractivity contribution in [2.75, 3.05) is 20.0 Å². The maximum atomic E-state index is 11.3. The molecule has 118 valence electrons. The van der Waals surface area contributed by atoms with Crippen molar-refractivity contribution >= 4 is 22.4 Å². The summed E-state index contributed by atoms with van der Waals surface area (Å²) < 4.78 is 10.3. The fraction of sp³-hybridized carbons (Fsp3) is 0.133. The molecule has 0 aliphatic carbocycles. The number of aromatic nitrogens is 2. The van der Waals surface area contributed by atoms with Crippen molar-refractivity contribution in [1.29, 1.82) is 0 Å². The number of imidazole rings is 1. The molecular weight excluding hydrogens is 300 g/mol. The molecule has 0 unspecified atom stereocenters. The van der Waals surface area contributed by atoms with E-state index in [1.165, 1.54) is 20.3 Å². The molecule has 0 atom stereocenters. The second-order valence-corrected chi connectivity index (χ2v) is 4.85. The van der Waals surface area contributed by atoms with E-state index in [9.17, 15) is 10.1 Å². The van der Waals surface area contributed by atoms with E-state index in [4.69, 9.17) is 15.2 Å². The predicted molar refractivity (Wildman–Crippen MR) is 85.7 cm³/mol. The lowest BCUT2D eigenvalue weighted by atomic mass is 10.1. The van der Waals surface area contributed by atoms with Gasteiger partial charge in [-0.2, -0.15) is 0 Å². The molecule has 1 heterocycles. The summed E-state index contributed by atoms with van der Waals surface area (Å²) in [6.07, 6.45) is 0. The fourth-order valence-electron chi connectivity index (χ4n) is 2.38. The molecule has 0 amide bonds. The minimum Gasteiger partial charge on any atom is -0.493 e. The van der Waals surface area contributed by atoms with Crippen LogP contribution in [0.5, 0.6) is 11.5 Å². The van der Waals surface area contributed by atoms with E-state index in [1.807, 2.05) is 0 Å². The van der Waals surface area contributed by atoms with Crippen molar-refractivity contribution in [3.8, 4) is 22.9 Å². The Balaban J connectivity index is 2.21. The SMILES string of the molecule is COc1cc(-c2nc3ccc(N)cc3[nH]2)cc([N+](=O)[O-])c1OC. The van der Waals surface area contributed by atoms with Crippen molar-refractivity contribution in [3.63, 3.8) is 0 Å². The van der Waals surface area contributed by atoms with Gasteiger partial charge in [-0.1, -0.05) is 0 Å². The molecular formula is C15H14N4O4. The van der Waals surface area contributed by atoms with Crippen LogP contribution in [-0.2, 0) is 0 Å². The maximum Gasteiger partial charge on any atom is 0.315 e. The summed E-state index contributed by atoms with van der Waals surface area (Å²) in [5, 5.41) is 11.3. The van der Waals surface area contributed by atoms with Crippen LogP contribution in [0.25, 0.3) is 22.4 Å². The first kappa shape index (κ1) is 14.6. The fourth-order valence-corrected chi connectivity index (χ4v) is 2.38. The van der Waals surface area contributed by atoms with Crippen LogP contribution in [0.2, 0.25) is 0 Å². The number of H-pyrrole nitrogens is 1. The Morgan fingerprint density at radius 3 is 2.65 bits per heavy atom. The smallest absolute Gasteiger partial charge is 0.315 e. The molecule has 8 heteroatoms. The summed E-state index contributed by atoms with van der Waals surface area (Å²) in [7, 11) is 2.78. The average molecular weight is 314 g/mol. The number of rotatable bonds is 4. The third-order valence-corrected chi connectivity index (χ3v) is 3.44. The first-order chi connectivity index (χ1) is 11.0. The zero-order chi connectivity index (χ0) is 16.6. The van der Waals surface area contributed by atoms with Gasteiger partial charge < -0.3 is 20.2 Å². The topological polar surface area (TPSA) is 116 Å². The highest BCUT2D eigenvalue weighted by Crippen LogP contribution is 2.40. The molecule has 8 nitrogen and oxygen atoms in total. The van der Waals surface area contributed by atoms with Crippen LogP contribution in [-0.4, -0.2) is 29.1 Å². The molecule has 0 spiro atoms. The number of hydrogen-bond donors (Lipinski definition) is 2. The number of fused-ring (bicyclic) bond motifs is 1. The lowest BCUT2D eigenvalue weighted by molar-refractivity contribution is -0.385. The number of nitrogens with two attached hydrogens (primary N) is 1. The summed E-state index contributed by atoms with van der Waals surface area (Å²) in [5.74, 6) is 0.813. The van der Waals surface area contributed by atoms with Crippen molar-refractivity contribution in [2.24, 2.45) is 0 Å². The highest BCUT2D eigenvalue weighted by molar-refractivity contribution is 5.83. The molecule has 23 heavy (non-hydrogen) atoms. The van der Waals surface area contributed by atoms with Gasteiger partial charge in [0.05, 0.1) is 30.2 Å². The van der Waals surface area contributed by atoms with Crippen LogP contribution in [0.4, 0.5) is 11.4 Å². The Bertz CT molecular complexity index is 904. The van der Waals surface area contributed by atoms with Gasteiger partial charge in [-0.3, -0.25) is 10.1 Å². The first-order valence-corrected chi connectivity index (χ1v) is 6.69. The van der Waals surface area contributed by atoms with Gasteiger partial charge in [0, 0.05) is 17.3 Å². The molecule has 3 N–H and O–H groups in total. The average Bonchev–Trinajstić information content (AvgIpc) is 2.96. The molecule has 0 saturated carbocycles. The number of nitrogens with zero attached hydrogens (tertiary/aromatic N) is 2. The molecule has 0 radical (unpaired) electrons. The number of nitrogens with one attached hydrogen (secondary N) is 1. The predicted octanol–water partition coefficient (Wildman–Crippen LogP) is 2.74. The third kappa shape index (κ3) is 2.50. The van der Waals surface area contributed by atoms with Gasteiger partial charge in [-0.25, -0.2) is 4.98 Å². The van der Waals surface area contributed by atoms with Crippen LogP contribution < -0.4 is 15.2 Å². The number of anilines is 1. The molecule has 0 bridgehead atoms. The van der Waals surface area contributed by atoms with Gasteiger partial charge in [0.25, 0.3) is 0 Å². The van der Waals surface area contributed by atoms with Gasteiger partial charge in [0.15, 0.2) is 5.75 Å². The quantitative estimate of drug-likeness (QED) is 0.434. The standard InChI is InChI=1S/C15H14N4O4/c1-22-13-6-8(5-12(19(20)21)14(13)23-2)15-17-10-4-3-9(16)7-11(10)18-15/h3-7H,16H2,1-2H3,(H,17,18). The highest BCUT2D eigenvalue weighted by atomic mass is 16.6. The number of benzene rings is 2. The van der Waals surface area contributed by atoms with Crippen LogP contribution in [0.15, 0.2) is 30.3 Å². The van der Waals surface area contributed by atoms with Gasteiger partial charge in [0.1, 0.15) is 5.82 Å². The molecule has 3 aromatic rings. The molecule has 0 aliphatic heterocycles. The van der Waals surface area contributed by atoms with Crippen molar-refractivity contribution in [3.05, 3.63) is 40.4 Å². The van der Waals surface area contributed by atoms with E-state index in [0.29, 0.717) is 22.6 Å². The zero-order valence-electron chi connectivity index (χ0n) is 12.5. The monoisotopic (exact) mass is 314 g/mol. The number of ether oxygens (including phenoxy) is 2. The van der Waals surface area contributed by atoms with Crippen LogP contribution in [0.1, 0.15) is 0 Å². The minimum absolute atomic E-state index is 0.0709. The Labute approximate surface area is 131 Å². The normalized spacial score (nSPS) is 10.7. The highest BCUT2D eigenvalue weighted by Gasteiger charge is 2.23. The summed E-state index contributed by atoms with van der Waals surface area (Å²) in [6, 6.07) is 8.29. The second-order valence-electron chi connectivity index (χ2n) is 4.85. The number of nitrogen functional groups attached to an aromatic ring is 1. The summed E-state index contributed by atoms with van der Waals surface area (Å²) in [6.45, 7) is 0. The lowest BCUT2D eigenvalue weighted by Gasteiger charge is -2.09. The number of nitro benzene ring substituents is 1. The van der Waals surface area contributed by atoms with Gasteiger partial charge in [-0.05, 0) is 24.3 Å². The summed E-state index contributed by atoms with van der Waals surface area (Å²) in [5.41, 5.74) is 8.14. The van der Waals surface area contributed by atoms with Crippen molar-refractivity contribution < 1.29 is 14.4 Å². The van der Waals surface area contributed by atoms with E-state index in [-0.39, 0.29) is 17.2 Å². The van der Waals surface area contributed by atoms with E-state index < -0.39 is 4.92 Å². The number of nitro groups is 1. The van der Waals surface area contributed by atoms with E-state index in [0.717, 1.165) is 5.52 Å². The number of methoxy groups -OCH3 is 2. The van der Waals surface area contributed by atoms with Crippen molar-refractivity contribution in [2.45, 2.75) is 0 Å². The van der Waals surface area contributed by atoms with Crippen molar-refractivity contribution in [1.82, 2.24) is 9.97 Å². The summed E-state index contributed by atoms with van der Waals surface area (Å²) >= 11 is 0. The molecule has 0 fully saturated rings. The first-order valence-electron chi connectivity index (χ1n) is 6.69. The Morgan fingerprint density at radius 2 is 2.00 bits per heavy atom. The second kappa shape index (κ2) is 5.48. The molecule has 0 aliphatic rings. The third-order valence-electron chi connectivity index (χ3n) is 3.44. The molecule has 3 rings (SSSR count). The zero-order valence-corrected chi connectivity index (χ0v) is 12.5. The molecule has 2 aromatic carbocycles. The molecule has 1 aromatic heterocycles. The van der Waals surface area contributed by atoms with Crippen LogP contribution >= 0.6 is 0 Å². The van der Waals surface area contributed by atoms with Crippen LogP contribution in [0, 0.1) is 10.1 Å². The van der Waals surface area contributed by atoms with Crippen LogP contribution in [0.3, 0.4) is 0 Å². The van der Waals surface area contributed by atoms with E-state index in [1.54, 1.807) is 24.3 Å². The number of hydrogen-bond acceptors (Lipinski definition) is 6. The van der Waals surface area contributed by atoms with E-state index >= 15 is 0 Å². The Kier molecular flexibility index (Phi) is 3.49. The largest absolute Gasteiger partial charge is 0.493 e. The number of aromatic amines is 1. The minimum atomic E-state index is -0.522. The van der Waals surface area contributed by atoms with Gasteiger partial charge >= 0.3 is 5.69 Å². The van der Waals surface area contributed by atoms with Gasteiger partial charge in [-0.15, -0.1) is 0 Å². The molecule has 0 saturated heterocycles. The lowest BCUT2D eigenvalue weighted by Crippen LogP contribution is -1.98. The Hall–Kier alpha value is -3.29. The van der Waals surface area contributed by atoms with E-state index in [2.05, 4.69) is 9.97 Å². The maximum absolute atomic E-state index is 11.3.